The number of aromatic amines is 1. The average Bonchev–Trinajstić information content (AvgIpc) is 2.67. The Bertz CT molecular complexity index is 375. The SMILES string of the molecule is CC(C)(c1noc(=O)[nH]1)N1CCNCC1. The Morgan fingerprint density at radius 3 is 2.60 bits per heavy atom. The van der Waals surface area contributed by atoms with Gasteiger partial charge in [0.1, 0.15) is 0 Å². The predicted molar refractivity (Wildman–Crippen MR) is 54.6 cm³/mol. The van der Waals surface area contributed by atoms with Crippen LogP contribution in [-0.2, 0) is 5.54 Å². The van der Waals surface area contributed by atoms with Crippen molar-refractivity contribution in [3.05, 3.63) is 16.4 Å². The van der Waals surface area contributed by atoms with Crippen LogP contribution in [0.1, 0.15) is 19.7 Å². The van der Waals surface area contributed by atoms with E-state index in [-0.39, 0.29) is 5.54 Å². The van der Waals surface area contributed by atoms with Gasteiger partial charge in [-0.1, -0.05) is 5.16 Å². The molecule has 1 aliphatic rings. The zero-order valence-corrected chi connectivity index (χ0v) is 9.04. The molecule has 0 radical (unpaired) electrons. The van der Waals surface area contributed by atoms with Crippen molar-refractivity contribution >= 4 is 0 Å². The number of H-pyrrole nitrogens is 1. The third-order valence-electron chi connectivity index (χ3n) is 2.93. The second-order valence-electron chi connectivity index (χ2n) is 4.24. The molecule has 0 aliphatic carbocycles. The van der Waals surface area contributed by atoms with Crippen molar-refractivity contribution in [1.82, 2.24) is 20.4 Å². The summed E-state index contributed by atoms with van der Waals surface area (Å²) in [5.74, 6) is 0.0996. The van der Waals surface area contributed by atoms with Gasteiger partial charge in [-0.2, -0.15) is 0 Å². The van der Waals surface area contributed by atoms with Crippen LogP contribution in [0.5, 0.6) is 0 Å². The summed E-state index contributed by atoms with van der Waals surface area (Å²) in [6.45, 7) is 7.89. The standard InChI is InChI=1S/C9H16N4O2/c1-9(2,7-11-8(14)15-12-7)13-5-3-10-4-6-13/h10H,3-6H2,1-2H3,(H,11,12,14). The van der Waals surface area contributed by atoms with Crippen LogP contribution in [0.4, 0.5) is 0 Å². The molecule has 1 saturated heterocycles. The zero-order chi connectivity index (χ0) is 10.9. The van der Waals surface area contributed by atoms with Crippen molar-refractivity contribution in [2.75, 3.05) is 26.2 Å². The van der Waals surface area contributed by atoms with Crippen LogP contribution in [0, 0.1) is 0 Å². The van der Waals surface area contributed by atoms with Crippen LogP contribution >= 0.6 is 0 Å². The molecule has 0 amide bonds. The first-order chi connectivity index (χ1) is 7.10. The molecule has 6 nitrogen and oxygen atoms in total. The Morgan fingerprint density at radius 2 is 2.07 bits per heavy atom. The van der Waals surface area contributed by atoms with Crippen LogP contribution < -0.4 is 11.1 Å². The summed E-state index contributed by atoms with van der Waals surface area (Å²) < 4.78 is 4.54. The molecule has 2 heterocycles. The quantitative estimate of drug-likeness (QED) is 0.691. The Labute approximate surface area is 87.6 Å². The first-order valence-corrected chi connectivity index (χ1v) is 5.13. The molecule has 15 heavy (non-hydrogen) atoms. The van der Waals surface area contributed by atoms with E-state index < -0.39 is 5.76 Å². The Morgan fingerprint density at radius 1 is 1.40 bits per heavy atom. The molecule has 0 spiro atoms. The van der Waals surface area contributed by atoms with Crippen LogP contribution in [-0.4, -0.2) is 41.2 Å². The summed E-state index contributed by atoms with van der Waals surface area (Å²) in [7, 11) is 0. The fourth-order valence-corrected chi connectivity index (χ4v) is 1.87. The molecule has 84 valence electrons. The minimum absolute atomic E-state index is 0.283. The first kappa shape index (κ1) is 10.4. The highest BCUT2D eigenvalue weighted by atomic mass is 16.5. The minimum atomic E-state index is -0.492. The van der Waals surface area contributed by atoms with Gasteiger partial charge in [0.15, 0.2) is 5.82 Å². The smallest absolute Gasteiger partial charge is 0.314 e. The van der Waals surface area contributed by atoms with Gasteiger partial charge in [-0.3, -0.25) is 14.4 Å². The summed E-state index contributed by atoms with van der Waals surface area (Å²) in [4.78, 5) is 15.8. The summed E-state index contributed by atoms with van der Waals surface area (Å²) in [5.41, 5.74) is -0.283. The molecule has 2 rings (SSSR count). The molecular weight excluding hydrogens is 196 g/mol. The fraction of sp³-hybridized carbons (Fsp3) is 0.778. The number of rotatable bonds is 2. The summed E-state index contributed by atoms with van der Waals surface area (Å²) in [5, 5.41) is 7.04. The predicted octanol–water partition coefficient (Wildman–Crippen LogP) is -0.497. The van der Waals surface area contributed by atoms with Crippen molar-refractivity contribution in [3.63, 3.8) is 0 Å². The van der Waals surface area contributed by atoms with E-state index in [0.717, 1.165) is 26.2 Å². The van der Waals surface area contributed by atoms with Gasteiger partial charge < -0.3 is 5.32 Å². The van der Waals surface area contributed by atoms with E-state index >= 15 is 0 Å². The first-order valence-electron chi connectivity index (χ1n) is 5.13. The third-order valence-corrected chi connectivity index (χ3v) is 2.93. The highest BCUT2D eigenvalue weighted by molar-refractivity contribution is 5.00. The Hall–Kier alpha value is -1.14. The molecule has 1 aliphatic heterocycles. The lowest BCUT2D eigenvalue weighted by Crippen LogP contribution is -2.52. The normalized spacial score (nSPS) is 19.3. The zero-order valence-electron chi connectivity index (χ0n) is 9.04. The maximum Gasteiger partial charge on any atom is 0.438 e. The highest BCUT2D eigenvalue weighted by Crippen LogP contribution is 2.23. The number of hydrogen-bond donors (Lipinski definition) is 2. The topological polar surface area (TPSA) is 74.2 Å². The van der Waals surface area contributed by atoms with Crippen LogP contribution in [0.15, 0.2) is 9.32 Å². The molecule has 0 bridgehead atoms. The number of nitrogens with zero attached hydrogens (tertiary/aromatic N) is 2. The van der Waals surface area contributed by atoms with Gasteiger partial charge in [-0.25, -0.2) is 4.79 Å². The number of piperazine rings is 1. The van der Waals surface area contributed by atoms with Crippen LogP contribution in [0.3, 0.4) is 0 Å². The van der Waals surface area contributed by atoms with Crippen molar-refractivity contribution in [3.8, 4) is 0 Å². The molecule has 0 atom stereocenters. The van der Waals surface area contributed by atoms with E-state index in [4.69, 9.17) is 0 Å². The lowest BCUT2D eigenvalue weighted by molar-refractivity contribution is 0.0924. The number of aromatic nitrogens is 2. The van der Waals surface area contributed by atoms with Gasteiger partial charge in [0.25, 0.3) is 0 Å². The van der Waals surface area contributed by atoms with Gasteiger partial charge >= 0.3 is 5.76 Å². The van der Waals surface area contributed by atoms with E-state index in [1.54, 1.807) is 0 Å². The van der Waals surface area contributed by atoms with E-state index in [2.05, 4.69) is 24.9 Å². The monoisotopic (exact) mass is 212 g/mol. The van der Waals surface area contributed by atoms with E-state index in [1.807, 2.05) is 13.8 Å². The molecule has 1 aromatic rings. The van der Waals surface area contributed by atoms with Crippen molar-refractivity contribution < 1.29 is 4.52 Å². The van der Waals surface area contributed by atoms with Gasteiger partial charge in [-0.05, 0) is 13.8 Å². The maximum absolute atomic E-state index is 10.9. The van der Waals surface area contributed by atoms with Crippen molar-refractivity contribution in [2.24, 2.45) is 0 Å². The Kier molecular flexibility index (Phi) is 2.62. The molecule has 1 fully saturated rings. The summed E-state index contributed by atoms with van der Waals surface area (Å²) >= 11 is 0. The summed E-state index contributed by atoms with van der Waals surface area (Å²) in [6.07, 6.45) is 0. The second-order valence-corrected chi connectivity index (χ2v) is 4.24. The van der Waals surface area contributed by atoms with Crippen molar-refractivity contribution in [2.45, 2.75) is 19.4 Å². The molecule has 1 aromatic heterocycles. The summed E-state index contributed by atoms with van der Waals surface area (Å²) in [6, 6.07) is 0. The lowest BCUT2D eigenvalue weighted by atomic mass is 10.0. The molecule has 6 heteroatoms. The molecule has 2 N–H and O–H groups in total. The third kappa shape index (κ3) is 1.95. The van der Waals surface area contributed by atoms with Gasteiger partial charge in [0, 0.05) is 26.2 Å². The van der Waals surface area contributed by atoms with Crippen LogP contribution in [0.2, 0.25) is 0 Å². The lowest BCUT2D eigenvalue weighted by Gasteiger charge is -2.39. The van der Waals surface area contributed by atoms with Gasteiger partial charge in [0.05, 0.1) is 5.54 Å². The second kappa shape index (κ2) is 3.79. The Balaban J connectivity index is 2.20. The molecule has 0 aromatic carbocycles. The minimum Gasteiger partial charge on any atom is -0.314 e. The average molecular weight is 212 g/mol. The maximum atomic E-state index is 10.9. The molecular formula is C9H16N4O2. The van der Waals surface area contributed by atoms with E-state index in [9.17, 15) is 4.79 Å². The number of nitrogens with one attached hydrogen (secondary N) is 2. The number of hydrogen-bond acceptors (Lipinski definition) is 5. The van der Waals surface area contributed by atoms with Crippen molar-refractivity contribution in [1.29, 1.82) is 0 Å². The van der Waals surface area contributed by atoms with Gasteiger partial charge in [-0.15, -0.1) is 0 Å². The molecule has 0 unspecified atom stereocenters. The largest absolute Gasteiger partial charge is 0.438 e. The van der Waals surface area contributed by atoms with E-state index in [0.29, 0.717) is 5.82 Å². The van der Waals surface area contributed by atoms with Gasteiger partial charge in [0.2, 0.25) is 0 Å². The molecule has 0 saturated carbocycles. The highest BCUT2D eigenvalue weighted by Gasteiger charge is 2.33. The van der Waals surface area contributed by atoms with Crippen LogP contribution in [0.25, 0.3) is 0 Å². The van der Waals surface area contributed by atoms with E-state index in [1.165, 1.54) is 0 Å². The fourth-order valence-electron chi connectivity index (χ4n) is 1.87.